The minimum absolute atomic E-state index is 0.0136. The maximum atomic E-state index is 11.7. The number of thioether (sulfide) groups is 1. The first-order chi connectivity index (χ1) is 9.78. The Hall–Kier alpha value is -1.88. The van der Waals surface area contributed by atoms with E-state index >= 15 is 0 Å². The summed E-state index contributed by atoms with van der Waals surface area (Å²) in [6.07, 6.45) is 1.59. The summed E-state index contributed by atoms with van der Waals surface area (Å²) in [7, 11) is 0. The highest BCUT2D eigenvalue weighted by atomic mass is 32.2. The molecule has 106 valence electrons. The third kappa shape index (κ3) is 4.66. The lowest BCUT2D eigenvalue weighted by molar-refractivity contribution is -0.118. The molecule has 5 heteroatoms. The Kier molecular flexibility index (Phi) is 5.55. The van der Waals surface area contributed by atoms with Crippen molar-refractivity contribution >= 4 is 17.7 Å². The molecule has 0 atom stereocenters. The Morgan fingerprint density at radius 1 is 1.30 bits per heavy atom. The van der Waals surface area contributed by atoms with Crippen molar-refractivity contribution in [2.75, 3.05) is 12.4 Å². The van der Waals surface area contributed by atoms with E-state index < -0.39 is 0 Å². The lowest BCUT2D eigenvalue weighted by Crippen LogP contribution is -2.24. The molecule has 0 aliphatic carbocycles. The van der Waals surface area contributed by atoms with Crippen LogP contribution in [0.1, 0.15) is 12.7 Å². The van der Waals surface area contributed by atoms with Crippen LogP contribution < -0.4 is 10.1 Å². The summed E-state index contributed by atoms with van der Waals surface area (Å²) in [6, 6.07) is 11.4. The first kappa shape index (κ1) is 14.5. The van der Waals surface area contributed by atoms with Crippen LogP contribution in [0.15, 0.2) is 52.0 Å². The van der Waals surface area contributed by atoms with Crippen LogP contribution in [-0.4, -0.2) is 18.3 Å². The van der Waals surface area contributed by atoms with Gasteiger partial charge in [0.15, 0.2) is 0 Å². The average Bonchev–Trinajstić information content (AvgIpc) is 2.98. The molecule has 0 radical (unpaired) electrons. The number of carbonyl (C=O) groups excluding carboxylic acids is 1. The molecule has 0 saturated heterocycles. The van der Waals surface area contributed by atoms with Crippen molar-refractivity contribution in [3.8, 4) is 5.75 Å². The number of nitrogens with one attached hydrogen (secondary N) is 1. The minimum Gasteiger partial charge on any atom is -0.494 e. The third-order valence-electron chi connectivity index (χ3n) is 2.54. The second kappa shape index (κ2) is 7.65. The maximum Gasteiger partial charge on any atom is 0.230 e. The number of hydrogen-bond donors (Lipinski definition) is 1. The van der Waals surface area contributed by atoms with Crippen LogP contribution in [-0.2, 0) is 11.3 Å². The van der Waals surface area contributed by atoms with Gasteiger partial charge in [0.1, 0.15) is 11.5 Å². The Bertz CT molecular complexity index is 523. The molecule has 2 rings (SSSR count). The van der Waals surface area contributed by atoms with Crippen molar-refractivity contribution in [3.05, 3.63) is 48.4 Å². The number of hydrogen-bond acceptors (Lipinski definition) is 4. The second-order valence-electron chi connectivity index (χ2n) is 4.05. The summed E-state index contributed by atoms with van der Waals surface area (Å²) in [5.74, 6) is 1.97. The van der Waals surface area contributed by atoms with Gasteiger partial charge in [-0.25, -0.2) is 0 Å². The van der Waals surface area contributed by atoms with Gasteiger partial charge in [0.2, 0.25) is 5.91 Å². The fourth-order valence-corrected chi connectivity index (χ4v) is 2.33. The molecular weight excluding hydrogens is 274 g/mol. The van der Waals surface area contributed by atoms with Gasteiger partial charge in [-0.1, -0.05) is 0 Å². The lowest BCUT2D eigenvalue weighted by atomic mass is 10.3. The second-order valence-corrected chi connectivity index (χ2v) is 5.10. The number of amides is 1. The van der Waals surface area contributed by atoms with Gasteiger partial charge in [0.25, 0.3) is 0 Å². The molecular formula is C15H17NO3S. The first-order valence-corrected chi connectivity index (χ1v) is 7.41. The zero-order valence-electron chi connectivity index (χ0n) is 11.3. The number of rotatable bonds is 7. The summed E-state index contributed by atoms with van der Waals surface area (Å²) in [6.45, 7) is 3.03. The molecule has 2 aromatic rings. The Balaban J connectivity index is 1.72. The van der Waals surface area contributed by atoms with E-state index in [0.29, 0.717) is 18.9 Å². The number of ether oxygens (including phenoxy) is 1. The Morgan fingerprint density at radius 3 is 2.75 bits per heavy atom. The highest BCUT2D eigenvalue weighted by molar-refractivity contribution is 8.00. The van der Waals surface area contributed by atoms with E-state index in [1.54, 1.807) is 12.3 Å². The minimum atomic E-state index is -0.0136. The van der Waals surface area contributed by atoms with Crippen molar-refractivity contribution < 1.29 is 13.9 Å². The first-order valence-electron chi connectivity index (χ1n) is 6.42. The molecule has 0 saturated carbocycles. The number of furan rings is 1. The molecule has 1 aromatic carbocycles. The monoisotopic (exact) mass is 291 g/mol. The summed E-state index contributed by atoms with van der Waals surface area (Å²) in [5.41, 5.74) is 0. The van der Waals surface area contributed by atoms with Crippen LogP contribution in [0.3, 0.4) is 0 Å². The molecule has 1 amide bonds. The van der Waals surface area contributed by atoms with Crippen LogP contribution in [0.2, 0.25) is 0 Å². The van der Waals surface area contributed by atoms with E-state index in [-0.39, 0.29) is 5.91 Å². The third-order valence-corrected chi connectivity index (χ3v) is 3.56. The fraction of sp³-hybridized carbons (Fsp3) is 0.267. The van der Waals surface area contributed by atoms with Gasteiger partial charge in [-0.15, -0.1) is 11.8 Å². The highest BCUT2D eigenvalue weighted by Crippen LogP contribution is 2.21. The normalized spacial score (nSPS) is 10.2. The number of benzene rings is 1. The van der Waals surface area contributed by atoms with Gasteiger partial charge in [0.05, 0.1) is 25.2 Å². The molecule has 1 N–H and O–H groups in total. The SMILES string of the molecule is CCOc1ccc(SCC(=O)NCc2ccco2)cc1. The molecule has 0 bridgehead atoms. The molecule has 0 aliphatic rings. The summed E-state index contributed by atoms with van der Waals surface area (Å²) >= 11 is 1.49. The summed E-state index contributed by atoms with van der Waals surface area (Å²) in [4.78, 5) is 12.7. The Morgan fingerprint density at radius 2 is 2.10 bits per heavy atom. The van der Waals surface area contributed by atoms with Gasteiger partial charge in [-0.2, -0.15) is 0 Å². The van der Waals surface area contributed by atoms with Gasteiger partial charge in [-0.05, 0) is 43.3 Å². The highest BCUT2D eigenvalue weighted by Gasteiger charge is 2.04. The molecule has 0 fully saturated rings. The fourth-order valence-electron chi connectivity index (χ4n) is 1.60. The van der Waals surface area contributed by atoms with Gasteiger partial charge in [-0.3, -0.25) is 4.79 Å². The smallest absolute Gasteiger partial charge is 0.230 e. The summed E-state index contributed by atoms with van der Waals surface area (Å²) in [5, 5.41) is 2.81. The van der Waals surface area contributed by atoms with E-state index in [9.17, 15) is 4.79 Å². The summed E-state index contributed by atoms with van der Waals surface area (Å²) < 4.78 is 10.5. The molecule has 1 heterocycles. The predicted molar refractivity (Wildman–Crippen MR) is 78.9 cm³/mol. The van der Waals surface area contributed by atoms with Crippen LogP contribution in [0, 0.1) is 0 Å². The molecule has 4 nitrogen and oxygen atoms in total. The lowest BCUT2D eigenvalue weighted by Gasteiger charge is -2.05. The van der Waals surface area contributed by atoms with Crippen molar-refractivity contribution in [2.24, 2.45) is 0 Å². The average molecular weight is 291 g/mol. The molecule has 20 heavy (non-hydrogen) atoms. The van der Waals surface area contributed by atoms with E-state index in [1.807, 2.05) is 37.3 Å². The van der Waals surface area contributed by atoms with Crippen molar-refractivity contribution in [2.45, 2.75) is 18.4 Å². The van der Waals surface area contributed by atoms with E-state index in [2.05, 4.69) is 5.32 Å². The quantitative estimate of drug-likeness (QED) is 0.796. The molecule has 0 aliphatic heterocycles. The predicted octanol–water partition coefficient (Wildman–Crippen LogP) is 3.09. The van der Waals surface area contributed by atoms with E-state index in [0.717, 1.165) is 16.4 Å². The zero-order chi connectivity index (χ0) is 14.2. The van der Waals surface area contributed by atoms with Gasteiger partial charge in [0, 0.05) is 4.90 Å². The maximum absolute atomic E-state index is 11.7. The topological polar surface area (TPSA) is 51.5 Å². The van der Waals surface area contributed by atoms with Gasteiger partial charge >= 0.3 is 0 Å². The Labute approximate surface area is 122 Å². The van der Waals surface area contributed by atoms with E-state index in [1.165, 1.54) is 11.8 Å². The number of carbonyl (C=O) groups is 1. The molecule has 0 spiro atoms. The standard InChI is InChI=1S/C15H17NO3S/c1-2-18-12-5-7-14(8-6-12)20-11-15(17)16-10-13-4-3-9-19-13/h3-9H,2,10-11H2,1H3,(H,16,17). The molecule has 0 unspecified atom stereocenters. The van der Waals surface area contributed by atoms with Crippen LogP contribution in [0.4, 0.5) is 0 Å². The largest absolute Gasteiger partial charge is 0.494 e. The van der Waals surface area contributed by atoms with Crippen LogP contribution in [0.5, 0.6) is 5.75 Å². The van der Waals surface area contributed by atoms with Crippen molar-refractivity contribution in [1.82, 2.24) is 5.32 Å². The van der Waals surface area contributed by atoms with Crippen molar-refractivity contribution in [3.63, 3.8) is 0 Å². The van der Waals surface area contributed by atoms with Crippen LogP contribution in [0.25, 0.3) is 0 Å². The van der Waals surface area contributed by atoms with Crippen molar-refractivity contribution in [1.29, 1.82) is 0 Å². The van der Waals surface area contributed by atoms with Crippen LogP contribution >= 0.6 is 11.8 Å². The van der Waals surface area contributed by atoms with Gasteiger partial charge < -0.3 is 14.5 Å². The molecule has 1 aromatic heterocycles. The zero-order valence-corrected chi connectivity index (χ0v) is 12.1. The van der Waals surface area contributed by atoms with E-state index in [4.69, 9.17) is 9.15 Å².